The summed E-state index contributed by atoms with van der Waals surface area (Å²) in [6.45, 7) is 2.01. The first kappa shape index (κ1) is 23.2. The van der Waals surface area contributed by atoms with E-state index in [0.717, 1.165) is 24.7 Å². The number of amides is 1. The Balaban J connectivity index is 2.20. The third-order valence-corrected chi connectivity index (χ3v) is 6.91. The highest BCUT2D eigenvalue weighted by Gasteiger charge is 2.32. The highest BCUT2D eigenvalue weighted by molar-refractivity contribution is 9.10. The van der Waals surface area contributed by atoms with Gasteiger partial charge in [0, 0.05) is 30.9 Å². The molecule has 10 heteroatoms. The van der Waals surface area contributed by atoms with Crippen LogP contribution in [0.1, 0.15) is 36.8 Å². The van der Waals surface area contributed by atoms with Gasteiger partial charge >= 0.3 is 0 Å². The lowest BCUT2D eigenvalue weighted by atomic mass is 9.98. The van der Waals surface area contributed by atoms with Crippen molar-refractivity contribution >= 4 is 54.6 Å². The lowest BCUT2D eigenvalue weighted by Gasteiger charge is -2.25. The molecule has 0 atom stereocenters. The van der Waals surface area contributed by atoms with Crippen molar-refractivity contribution in [3.05, 3.63) is 51.7 Å². The van der Waals surface area contributed by atoms with Crippen LogP contribution in [-0.2, 0) is 14.8 Å². The Hall–Kier alpha value is -2.46. The van der Waals surface area contributed by atoms with Crippen LogP contribution in [-0.4, -0.2) is 39.9 Å². The van der Waals surface area contributed by atoms with Gasteiger partial charge in [-0.2, -0.15) is 0 Å². The summed E-state index contributed by atoms with van der Waals surface area (Å²) < 4.78 is 40.2. The molecule has 1 saturated carbocycles. The minimum absolute atomic E-state index is 0.0255. The Morgan fingerprint density at radius 1 is 1.32 bits per heavy atom. The number of sulfonamides is 1. The van der Waals surface area contributed by atoms with Gasteiger partial charge in [-0.05, 0) is 71.4 Å². The molecule has 2 aromatic carbocycles. The monoisotopic (exact) mass is 510 g/mol. The van der Waals surface area contributed by atoms with Crippen LogP contribution < -0.4 is 15.4 Å². The molecule has 1 fully saturated rings. The zero-order valence-corrected chi connectivity index (χ0v) is 19.8. The maximum Gasteiger partial charge on any atom is 0.270 e. The molecule has 166 valence electrons. The number of nitrogens with one attached hydrogen (secondary N) is 1. The molecule has 1 aliphatic rings. The van der Waals surface area contributed by atoms with Crippen molar-refractivity contribution < 1.29 is 17.6 Å². The van der Waals surface area contributed by atoms with Gasteiger partial charge in [0.05, 0.1) is 22.1 Å². The number of carbonyl (C=O) groups excluding carboxylic acids is 1. The molecule has 0 aromatic heterocycles. The Kier molecular flexibility index (Phi) is 6.70. The molecule has 1 aliphatic carbocycles. The fraction of sp³-hybridized carbons (Fsp3) is 0.333. The summed E-state index contributed by atoms with van der Waals surface area (Å²) in [4.78, 5) is 17.0. The van der Waals surface area contributed by atoms with Gasteiger partial charge in [-0.25, -0.2) is 17.8 Å². The van der Waals surface area contributed by atoms with Crippen LogP contribution in [0.25, 0.3) is 0 Å². The van der Waals surface area contributed by atoms with Gasteiger partial charge in [0.2, 0.25) is 10.0 Å². The van der Waals surface area contributed by atoms with Crippen LogP contribution in [0.2, 0.25) is 0 Å². The van der Waals surface area contributed by atoms with Gasteiger partial charge in [0.1, 0.15) is 11.5 Å². The number of benzene rings is 2. The van der Waals surface area contributed by atoms with Gasteiger partial charge in [-0.15, -0.1) is 0 Å². The Labute approximate surface area is 189 Å². The van der Waals surface area contributed by atoms with E-state index in [9.17, 15) is 17.6 Å². The van der Waals surface area contributed by atoms with E-state index in [2.05, 4.69) is 26.2 Å². The van der Waals surface area contributed by atoms with Crippen LogP contribution in [0, 0.1) is 5.82 Å². The predicted molar refractivity (Wildman–Crippen MR) is 125 cm³/mol. The summed E-state index contributed by atoms with van der Waals surface area (Å²) in [6.07, 6.45) is 2.99. The van der Waals surface area contributed by atoms with E-state index in [1.165, 1.54) is 23.5 Å². The normalized spacial score (nSPS) is 14.4. The molecular weight excluding hydrogens is 487 g/mol. The van der Waals surface area contributed by atoms with Crippen LogP contribution in [0.4, 0.5) is 21.5 Å². The topological polar surface area (TPSA) is 105 Å². The average molecular weight is 511 g/mol. The standard InChI is InChI=1S/C21H24BrFN4O3S/c1-4-27(31(3,29)30)19-11-18(24)15(10-14(19)12-5-6-12)20(21(28)25-2)26-13-7-8-16(22)17(23)9-13/h7-12H,4-6,24H2,1-3H3,(H,25,28). The number of nitrogens with two attached hydrogens (primary N) is 1. The van der Waals surface area contributed by atoms with E-state index in [0.29, 0.717) is 11.3 Å². The first-order valence-corrected chi connectivity index (χ1v) is 12.4. The molecule has 1 amide bonds. The summed E-state index contributed by atoms with van der Waals surface area (Å²) in [6, 6.07) is 7.60. The number of nitrogen functional groups attached to an aromatic ring is 1. The molecular formula is C21H24BrFN4O3S. The van der Waals surface area contributed by atoms with E-state index in [-0.39, 0.29) is 34.0 Å². The molecule has 3 rings (SSSR count). The van der Waals surface area contributed by atoms with Crippen molar-refractivity contribution in [2.75, 3.05) is 29.9 Å². The molecule has 3 N–H and O–H groups in total. The van der Waals surface area contributed by atoms with Crippen molar-refractivity contribution in [2.24, 2.45) is 4.99 Å². The van der Waals surface area contributed by atoms with Gasteiger partial charge in [0.25, 0.3) is 5.91 Å². The number of halogens is 2. The molecule has 0 unspecified atom stereocenters. The second-order valence-corrected chi connectivity index (χ2v) is 10.1. The quantitative estimate of drug-likeness (QED) is 0.437. The molecule has 0 saturated heterocycles. The van der Waals surface area contributed by atoms with Crippen LogP contribution in [0.15, 0.2) is 39.8 Å². The minimum atomic E-state index is -3.50. The van der Waals surface area contributed by atoms with E-state index in [1.807, 2.05) is 0 Å². The third kappa shape index (κ3) is 5.07. The summed E-state index contributed by atoms with van der Waals surface area (Å²) in [5.74, 6) is -0.813. The summed E-state index contributed by atoms with van der Waals surface area (Å²) in [7, 11) is -2.04. The highest BCUT2D eigenvalue weighted by Crippen LogP contribution is 2.46. The number of nitrogens with zero attached hydrogens (tertiary/aromatic N) is 2. The number of aliphatic imine (C=N–C) groups is 1. The SMILES string of the molecule is CCN(c1cc(N)c(C(=Nc2ccc(Br)c(F)c2)C(=O)NC)cc1C1CC1)S(C)(=O)=O. The molecule has 0 heterocycles. The van der Waals surface area contributed by atoms with E-state index >= 15 is 0 Å². The molecule has 7 nitrogen and oxygen atoms in total. The van der Waals surface area contributed by atoms with Gasteiger partial charge in [-0.1, -0.05) is 0 Å². The number of hydrogen-bond acceptors (Lipinski definition) is 5. The Morgan fingerprint density at radius 3 is 2.52 bits per heavy atom. The molecule has 0 spiro atoms. The molecule has 0 radical (unpaired) electrons. The second kappa shape index (κ2) is 8.96. The molecule has 31 heavy (non-hydrogen) atoms. The number of rotatable bonds is 7. The van der Waals surface area contributed by atoms with Crippen molar-refractivity contribution in [1.82, 2.24) is 5.32 Å². The molecule has 0 bridgehead atoms. The number of carbonyl (C=O) groups is 1. The predicted octanol–water partition coefficient (Wildman–Crippen LogP) is 3.70. The van der Waals surface area contributed by atoms with Crippen molar-refractivity contribution in [3.63, 3.8) is 0 Å². The zero-order valence-electron chi connectivity index (χ0n) is 17.4. The Morgan fingerprint density at radius 2 is 2.00 bits per heavy atom. The zero-order chi connectivity index (χ0) is 22.9. The van der Waals surface area contributed by atoms with E-state index in [1.54, 1.807) is 25.1 Å². The van der Waals surface area contributed by atoms with Crippen molar-refractivity contribution in [2.45, 2.75) is 25.7 Å². The van der Waals surface area contributed by atoms with Gasteiger partial charge in [0.15, 0.2) is 0 Å². The van der Waals surface area contributed by atoms with Gasteiger partial charge < -0.3 is 11.1 Å². The average Bonchev–Trinajstić information content (AvgIpc) is 3.53. The van der Waals surface area contributed by atoms with Crippen molar-refractivity contribution in [1.29, 1.82) is 0 Å². The fourth-order valence-electron chi connectivity index (χ4n) is 3.38. The Bertz CT molecular complexity index is 1160. The summed E-state index contributed by atoms with van der Waals surface area (Å²) >= 11 is 3.09. The maximum atomic E-state index is 14.0. The smallest absolute Gasteiger partial charge is 0.270 e. The number of hydrogen-bond donors (Lipinski definition) is 2. The molecule has 2 aromatic rings. The molecule has 0 aliphatic heterocycles. The first-order chi connectivity index (χ1) is 14.6. The summed E-state index contributed by atoms with van der Waals surface area (Å²) in [5, 5.41) is 2.54. The highest BCUT2D eigenvalue weighted by atomic mass is 79.9. The van der Waals surface area contributed by atoms with E-state index < -0.39 is 21.7 Å². The van der Waals surface area contributed by atoms with Crippen LogP contribution >= 0.6 is 15.9 Å². The fourth-order valence-corrected chi connectivity index (χ4v) is 4.61. The number of likely N-dealkylation sites (N-methyl/N-ethyl adjacent to an activating group) is 1. The maximum absolute atomic E-state index is 14.0. The second-order valence-electron chi connectivity index (χ2n) is 7.34. The van der Waals surface area contributed by atoms with Crippen molar-refractivity contribution in [3.8, 4) is 0 Å². The van der Waals surface area contributed by atoms with Gasteiger partial charge in [-0.3, -0.25) is 9.10 Å². The van der Waals surface area contributed by atoms with E-state index in [4.69, 9.17) is 5.73 Å². The lowest BCUT2D eigenvalue weighted by molar-refractivity contribution is -0.114. The summed E-state index contributed by atoms with van der Waals surface area (Å²) in [5.41, 5.74) is 8.46. The van der Waals surface area contributed by atoms with Crippen LogP contribution in [0.5, 0.6) is 0 Å². The minimum Gasteiger partial charge on any atom is -0.398 e. The van der Waals surface area contributed by atoms with Crippen LogP contribution in [0.3, 0.4) is 0 Å². The largest absolute Gasteiger partial charge is 0.398 e. The lowest BCUT2D eigenvalue weighted by Crippen LogP contribution is -2.31. The number of anilines is 2. The first-order valence-electron chi connectivity index (χ1n) is 9.74. The third-order valence-electron chi connectivity index (χ3n) is 5.01.